The zero-order valence-electron chi connectivity index (χ0n) is 21.7. The van der Waals surface area contributed by atoms with Crippen molar-refractivity contribution in [1.29, 1.82) is 0 Å². The van der Waals surface area contributed by atoms with Crippen molar-refractivity contribution in [2.75, 3.05) is 51.3 Å². The van der Waals surface area contributed by atoms with Crippen LogP contribution in [0.5, 0.6) is 17.2 Å². The average molecular weight is 564 g/mol. The number of benzene rings is 3. The third-order valence-corrected chi connectivity index (χ3v) is 7.90. The Balaban J connectivity index is 1.14. The molecule has 0 aliphatic carbocycles. The molecule has 2 aliphatic rings. The predicted molar refractivity (Wildman–Crippen MR) is 159 cm³/mol. The second kappa shape index (κ2) is 12.7. The Kier molecular flexibility index (Phi) is 8.93. The number of anilines is 1. The first-order chi connectivity index (χ1) is 18.9. The van der Waals surface area contributed by atoms with Crippen LogP contribution in [0.3, 0.4) is 0 Å². The van der Waals surface area contributed by atoms with Crippen molar-refractivity contribution in [2.24, 2.45) is 0 Å². The van der Waals surface area contributed by atoms with E-state index in [1.165, 1.54) is 23.9 Å². The van der Waals surface area contributed by atoms with E-state index in [1.807, 2.05) is 42.5 Å². The van der Waals surface area contributed by atoms with E-state index < -0.39 is 0 Å². The summed E-state index contributed by atoms with van der Waals surface area (Å²) in [6.45, 7) is 6.16. The van der Waals surface area contributed by atoms with Crippen LogP contribution in [0.4, 0.5) is 10.1 Å². The van der Waals surface area contributed by atoms with Gasteiger partial charge in [0.1, 0.15) is 23.1 Å². The van der Waals surface area contributed by atoms with E-state index in [0.29, 0.717) is 33.0 Å². The van der Waals surface area contributed by atoms with Crippen LogP contribution in [0.25, 0.3) is 6.08 Å². The molecule has 0 atom stereocenters. The molecule has 6 nitrogen and oxygen atoms in total. The number of nitrogens with zero attached hydrogens (tertiary/aromatic N) is 3. The van der Waals surface area contributed by atoms with Crippen molar-refractivity contribution in [3.8, 4) is 17.2 Å². The summed E-state index contributed by atoms with van der Waals surface area (Å²) in [4.78, 5) is 20.1. The molecule has 9 heteroatoms. The Labute approximate surface area is 238 Å². The lowest BCUT2D eigenvalue weighted by Crippen LogP contribution is -2.44. The molecule has 2 aliphatic heterocycles. The fourth-order valence-electron chi connectivity index (χ4n) is 4.35. The van der Waals surface area contributed by atoms with E-state index in [0.717, 1.165) is 50.5 Å². The lowest BCUT2D eigenvalue weighted by molar-refractivity contribution is -0.113. The fraction of sp³-hybridized carbons (Fsp3) is 0.267. The van der Waals surface area contributed by atoms with Crippen LogP contribution in [0.2, 0.25) is 0 Å². The van der Waals surface area contributed by atoms with Crippen molar-refractivity contribution < 1.29 is 18.7 Å². The Hall–Kier alpha value is -3.24. The number of hydrogen-bond acceptors (Lipinski definition) is 7. The molecule has 0 radical (unpaired) electrons. The van der Waals surface area contributed by atoms with Gasteiger partial charge in [0.25, 0.3) is 5.91 Å². The zero-order chi connectivity index (χ0) is 27.2. The lowest BCUT2D eigenvalue weighted by atomic mass is 10.2. The zero-order valence-corrected chi connectivity index (χ0v) is 23.3. The highest BCUT2D eigenvalue weighted by molar-refractivity contribution is 8.27. The van der Waals surface area contributed by atoms with E-state index in [2.05, 4.69) is 16.8 Å². The van der Waals surface area contributed by atoms with E-state index >= 15 is 0 Å². The molecule has 39 heavy (non-hydrogen) atoms. The Morgan fingerprint density at radius 1 is 0.897 bits per heavy atom. The second-order valence-electron chi connectivity index (χ2n) is 9.48. The van der Waals surface area contributed by atoms with Gasteiger partial charge < -0.3 is 19.3 Å². The fourth-order valence-corrected chi connectivity index (χ4v) is 5.65. The first-order valence-electron chi connectivity index (χ1n) is 12.9. The Morgan fingerprint density at radius 2 is 1.51 bits per heavy atom. The highest BCUT2D eigenvalue weighted by atomic mass is 32.2. The Morgan fingerprint density at radius 3 is 2.18 bits per heavy atom. The largest absolute Gasteiger partial charge is 0.494 e. The monoisotopic (exact) mass is 563 g/mol. The third kappa shape index (κ3) is 7.24. The minimum absolute atomic E-state index is 0.155. The number of piperazine rings is 1. The van der Waals surface area contributed by atoms with Gasteiger partial charge in [-0.15, -0.1) is 0 Å². The number of thioether (sulfide) groups is 1. The van der Waals surface area contributed by atoms with Gasteiger partial charge in [-0.3, -0.25) is 9.69 Å². The highest BCUT2D eigenvalue weighted by Gasteiger charge is 2.33. The smallest absolute Gasteiger partial charge is 0.270 e. The number of likely N-dealkylation sites (N-methyl/N-ethyl adjacent to an activating group) is 1. The highest BCUT2D eigenvalue weighted by Crippen LogP contribution is 2.36. The van der Waals surface area contributed by atoms with Crippen LogP contribution in [0.15, 0.2) is 77.7 Å². The molecule has 0 aromatic heterocycles. The van der Waals surface area contributed by atoms with Gasteiger partial charge in [0.15, 0.2) is 4.32 Å². The van der Waals surface area contributed by atoms with E-state index in [1.54, 1.807) is 29.2 Å². The summed E-state index contributed by atoms with van der Waals surface area (Å²) in [5, 5.41) is 0. The number of carbonyl (C=O) groups is 1. The number of ether oxygens (including phenoxy) is 2. The summed E-state index contributed by atoms with van der Waals surface area (Å²) in [6, 6.07) is 20.7. The molecule has 5 rings (SSSR count). The van der Waals surface area contributed by atoms with E-state index in [9.17, 15) is 9.18 Å². The summed E-state index contributed by atoms with van der Waals surface area (Å²) in [6.07, 6.45) is 2.79. The molecule has 2 heterocycles. The van der Waals surface area contributed by atoms with Crippen LogP contribution < -0.4 is 14.4 Å². The van der Waals surface area contributed by atoms with Crippen LogP contribution in [-0.2, 0) is 4.79 Å². The minimum Gasteiger partial charge on any atom is -0.494 e. The van der Waals surface area contributed by atoms with Crippen LogP contribution >= 0.6 is 24.0 Å². The molecule has 0 N–H and O–H groups in total. The van der Waals surface area contributed by atoms with Crippen LogP contribution in [0, 0.1) is 5.82 Å². The van der Waals surface area contributed by atoms with Gasteiger partial charge in [0.05, 0.1) is 17.2 Å². The van der Waals surface area contributed by atoms with Crippen molar-refractivity contribution in [1.82, 2.24) is 9.80 Å². The summed E-state index contributed by atoms with van der Waals surface area (Å²) in [7, 11) is 2.16. The number of carbonyl (C=O) groups excluding carboxylic acids is 1. The van der Waals surface area contributed by atoms with E-state index in [4.69, 9.17) is 21.7 Å². The molecular formula is C30H30FN3O3S2. The van der Waals surface area contributed by atoms with Crippen LogP contribution in [-0.4, -0.2) is 66.4 Å². The molecule has 3 aromatic carbocycles. The van der Waals surface area contributed by atoms with Gasteiger partial charge in [-0.05, 0) is 85.8 Å². The van der Waals surface area contributed by atoms with Crippen molar-refractivity contribution in [2.45, 2.75) is 6.42 Å². The van der Waals surface area contributed by atoms with E-state index in [-0.39, 0.29) is 11.7 Å². The first-order valence-corrected chi connectivity index (χ1v) is 14.1. The van der Waals surface area contributed by atoms with Crippen LogP contribution in [0.1, 0.15) is 12.0 Å². The standard InChI is InChI=1S/C30H30FN3O3S2/c1-32-16-18-33(19-17-32)15-2-20-36-25-13-7-24(8-14-25)34-29(35)28(39-30(34)38)21-22-3-9-26(10-4-22)37-27-11-5-23(31)6-12-27/h3-14,21H,2,15-20H2,1H3/b28-21-. The maximum absolute atomic E-state index is 13.2. The number of thiocarbonyl (C=S) groups is 1. The molecule has 3 aromatic rings. The molecule has 202 valence electrons. The topological polar surface area (TPSA) is 45.2 Å². The van der Waals surface area contributed by atoms with Gasteiger partial charge in [0.2, 0.25) is 0 Å². The quantitative estimate of drug-likeness (QED) is 0.179. The predicted octanol–water partition coefficient (Wildman–Crippen LogP) is 6.04. The average Bonchev–Trinajstić information content (AvgIpc) is 3.22. The third-order valence-electron chi connectivity index (χ3n) is 6.60. The molecule has 0 bridgehead atoms. The normalized spacial score (nSPS) is 17.7. The number of halogens is 1. The van der Waals surface area contributed by atoms with Crippen molar-refractivity contribution in [3.63, 3.8) is 0 Å². The van der Waals surface area contributed by atoms with Gasteiger partial charge in [-0.2, -0.15) is 0 Å². The SMILES string of the molecule is CN1CCN(CCCOc2ccc(N3C(=O)/C(=C/c4ccc(Oc5ccc(F)cc5)cc4)SC3=S)cc2)CC1. The number of amides is 1. The molecule has 0 unspecified atom stereocenters. The summed E-state index contributed by atoms with van der Waals surface area (Å²) >= 11 is 6.80. The molecule has 0 spiro atoms. The first kappa shape index (κ1) is 27.3. The van der Waals surface area contributed by atoms with Gasteiger partial charge in [0, 0.05) is 32.7 Å². The van der Waals surface area contributed by atoms with Gasteiger partial charge in [-0.1, -0.05) is 36.1 Å². The Bertz CT molecular complexity index is 1320. The van der Waals surface area contributed by atoms with Crippen molar-refractivity contribution >= 4 is 46.0 Å². The molecule has 0 saturated carbocycles. The number of hydrogen-bond donors (Lipinski definition) is 0. The summed E-state index contributed by atoms with van der Waals surface area (Å²) in [5.41, 5.74) is 1.57. The van der Waals surface area contributed by atoms with Gasteiger partial charge in [-0.25, -0.2) is 4.39 Å². The molecule has 1 amide bonds. The molecule has 2 saturated heterocycles. The maximum Gasteiger partial charge on any atom is 0.270 e. The minimum atomic E-state index is -0.313. The summed E-state index contributed by atoms with van der Waals surface area (Å²) in [5.74, 6) is 1.48. The lowest BCUT2D eigenvalue weighted by Gasteiger charge is -2.32. The molecule has 2 fully saturated rings. The van der Waals surface area contributed by atoms with Gasteiger partial charge >= 0.3 is 0 Å². The molecular weight excluding hydrogens is 533 g/mol. The summed E-state index contributed by atoms with van der Waals surface area (Å²) < 4.78 is 25.2. The number of rotatable bonds is 9. The maximum atomic E-state index is 13.2. The van der Waals surface area contributed by atoms with Crippen molar-refractivity contribution in [3.05, 3.63) is 89.1 Å². The second-order valence-corrected chi connectivity index (χ2v) is 11.2.